The number of rotatable bonds is 7. The Balaban J connectivity index is 2.57. The highest BCUT2D eigenvalue weighted by Gasteiger charge is 2.41. The first-order valence-corrected chi connectivity index (χ1v) is 7.62. The summed E-state index contributed by atoms with van der Waals surface area (Å²) in [4.78, 5) is 11.5. The van der Waals surface area contributed by atoms with Gasteiger partial charge in [-0.3, -0.25) is 4.79 Å². The molecule has 0 heterocycles. The Morgan fingerprint density at radius 3 is 2.67 bits per heavy atom. The van der Waals surface area contributed by atoms with Crippen molar-refractivity contribution in [1.29, 1.82) is 0 Å². The van der Waals surface area contributed by atoms with Gasteiger partial charge in [0.05, 0.1) is 18.3 Å². The predicted octanol–water partition coefficient (Wildman–Crippen LogP) is 0.284. The molecule has 0 spiro atoms. The fourth-order valence-corrected chi connectivity index (χ4v) is 4.06. The minimum absolute atomic E-state index is 0.334. The third-order valence-electron chi connectivity index (χ3n) is 3.18. The first-order chi connectivity index (χ1) is 8.53. The Bertz CT molecular complexity index is 368. The summed E-state index contributed by atoms with van der Waals surface area (Å²) in [5.74, 6) is -0.963. The number of carbonyl (C=O) groups is 1. The molecule has 0 aromatic carbocycles. The maximum absolute atomic E-state index is 12.1. The zero-order valence-electron chi connectivity index (χ0n) is 10.8. The van der Waals surface area contributed by atoms with Crippen LogP contribution in [0.3, 0.4) is 0 Å². The van der Waals surface area contributed by atoms with Gasteiger partial charge >= 0.3 is 5.97 Å². The molecule has 7 heteroatoms. The van der Waals surface area contributed by atoms with Crippen LogP contribution in [-0.2, 0) is 24.3 Å². The summed E-state index contributed by atoms with van der Waals surface area (Å²) in [6.45, 7) is 0.841. The molecule has 6 nitrogen and oxygen atoms in total. The van der Waals surface area contributed by atoms with Gasteiger partial charge in [-0.1, -0.05) is 6.42 Å². The van der Waals surface area contributed by atoms with Crippen molar-refractivity contribution in [2.24, 2.45) is 5.92 Å². The van der Waals surface area contributed by atoms with Gasteiger partial charge in [-0.15, -0.1) is 0 Å². The Morgan fingerprint density at radius 1 is 1.33 bits per heavy atom. The third-order valence-corrected chi connectivity index (χ3v) is 5.15. The van der Waals surface area contributed by atoms with E-state index in [1.165, 1.54) is 7.11 Å². The molecule has 106 valence electrons. The molecule has 0 radical (unpaired) electrons. The van der Waals surface area contributed by atoms with Crippen molar-refractivity contribution >= 4 is 16.0 Å². The van der Waals surface area contributed by atoms with Gasteiger partial charge in [0.1, 0.15) is 0 Å². The molecule has 1 aliphatic carbocycles. The van der Waals surface area contributed by atoms with Gasteiger partial charge in [-0.2, -0.15) is 0 Å². The molecular formula is C11H21NO5S. The standard InChI is InChI=1S/C11H21NO5S/c1-16-8-4-7-12-18(14,15)10-6-3-5-9(10)11(13)17-2/h9-10,12H,3-8H2,1-2H3. The number of hydrogen-bond acceptors (Lipinski definition) is 5. The van der Waals surface area contributed by atoms with Gasteiger partial charge in [0.2, 0.25) is 10.0 Å². The van der Waals surface area contributed by atoms with E-state index in [-0.39, 0.29) is 0 Å². The van der Waals surface area contributed by atoms with Gasteiger partial charge < -0.3 is 9.47 Å². The molecule has 1 saturated carbocycles. The normalized spacial score (nSPS) is 24.1. The summed E-state index contributed by atoms with van der Waals surface area (Å²) in [7, 11) is -0.595. The van der Waals surface area contributed by atoms with Crippen molar-refractivity contribution in [3.63, 3.8) is 0 Å². The Labute approximate surface area is 108 Å². The van der Waals surface area contributed by atoms with Crippen molar-refractivity contribution in [2.45, 2.75) is 30.9 Å². The van der Waals surface area contributed by atoms with Gasteiger partial charge in [0.25, 0.3) is 0 Å². The molecule has 1 rings (SSSR count). The first kappa shape index (κ1) is 15.4. The van der Waals surface area contributed by atoms with E-state index in [1.54, 1.807) is 7.11 Å². The smallest absolute Gasteiger partial charge is 0.310 e. The fraction of sp³-hybridized carbons (Fsp3) is 0.909. The first-order valence-electron chi connectivity index (χ1n) is 6.08. The average Bonchev–Trinajstić information content (AvgIpc) is 2.83. The summed E-state index contributed by atoms with van der Waals surface area (Å²) >= 11 is 0. The van der Waals surface area contributed by atoms with Gasteiger partial charge in [-0.25, -0.2) is 13.1 Å². The van der Waals surface area contributed by atoms with E-state index in [9.17, 15) is 13.2 Å². The number of methoxy groups -OCH3 is 2. The third kappa shape index (κ3) is 3.93. The summed E-state index contributed by atoms with van der Waals surface area (Å²) in [6.07, 6.45) is 2.45. The minimum Gasteiger partial charge on any atom is -0.469 e. The van der Waals surface area contributed by atoms with Crippen molar-refractivity contribution in [3.05, 3.63) is 0 Å². The molecule has 0 saturated heterocycles. The topological polar surface area (TPSA) is 81.7 Å². The summed E-state index contributed by atoms with van der Waals surface area (Å²) < 4.78 is 36.2. The molecule has 18 heavy (non-hydrogen) atoms. The maximum atomic E-state index is 12.1. The van der Waals surface area contributed by atoms with Gasteiger partial charge in [0.15, 0.2) is 0 Å². The van der Waals surface area contributed by atoms with Crippen LogP contribution in [0.1, 0.15) is 25.7 Å². The van der Waals surface area contributed by atoms with Crippen molar-refractivity contribution in [1.82, 2.24) is 4.72 Å². The number of ether oxygens (including phenoxy) is 2. The van der Waals surface area contributed by atoms with Crippen LogP contribution in [0.25, 0.3) is 0 Å². The van der Waals surface area contributed by atoms with Gasteiger partial charge in [0, 0.05) is 20.3 Å². The lowest BCUT2D eigenvalue weighted by molar-refractivity contribution is -0.145. The molecule has 0 amide bonds. The van der Waals surface area contributed by atoms with Crippen molar-refractivity contribution in [2.75, 3.05) is 27.4 Å². The van der Waals surface area contributed by atoms with E-state index in [2.05, 4.69) is 9.46 Å². The highest BCUT2D eigenvalue weighted by atomic mass is 32.2. The quantitative estimate of drug-likeness (QED) is 0.535. The zero-order valence-corrected chi connectivity index (χ0v) is 11.7. The van der Waals surface area contributed by atoms with Crippen LogP contribution in [0.4, 0.5) is 0 Å². The van der Waals surface area contributed by atoms with E-state index in [1.807, 2.05) is 0 Å². The monoisotopic (exact) mass is 279 g/mol. The van der Waals surface area contributed by atoms with E-state index in [4.69, 9.17) is 4.74 Å². The summed E-state index contributed by atoms with van der Waals surface area (Å²) in [5.41, 5.74) is 0. The summed E-state index contributed by atoms with van der Waals surface area (Å²) in [6, 6.07) is 0. The second-order valence-electron chi connectivity index (χ2n) is 4.38. The minimum atomic E-state index is -3.45. The van der Waals surface area contributed by atoms with Crippen LogP contribution < -0.4 is 4.72 Å². The van der Waals surface area contributed by atoms with E-state index < -0.39 is 27.2 Å². The van der Waals surface area contributed by atoms with Crippen LogP contribution >= 0.6 is 0 Å². The zero-order chi connectivity index (χ0) is 13.6. The van der Waals surface area contributed by atoms with Crippen LogP contribution in [0.2, 0.25) is 0 Å². The number of nitrogens with one attached hydrogen (secondary N) is 1. The molecule has 0 bridgehead atoms. The Kier molecular flexibility index (Phi) is 6.04. The molecule has 0 aromatic rings. The maximum Gasteiger partial charge on any atom is 0.310 e. The molecule has 1 N–H and O–H groups in total. The second kappa shape index (κ2) is 7.06. The highest BCUT2D eigenvalue weighted by Crippen LogP contribution is 2.31. The Morgan fingerprint density at radius 2 is 2.06 bits per heavy atom. The summed E-state index contributed by atoms with van der Waals surface area (Å²) in [5, 5.41) is -0.660. The second-order valence-corrected chi connectivity index (χ2v) is 6.37. The molecule has 1 aliphatic rings. The van der Waals surface area contributed by atoms with Gasteiger partial charge in [-0.05, 0) is 19.3 Å². The lowest BCUT2D eigenvalue weighted by atomic mass is 10.1. The van der Waals surface area contributed by atoms with E-state index >= 15 is 0 Å². The molecule has 2 unspecified atom stereocenters. The predicted molar refractivity (Wildman–Crippen MR) is 66.6 cm³/mol. The number of carbonyl (C=O) groups excluding carboxylic acids is 1. The lowest BCUT2D eigenvalue weighted by Crippen LogP contribution is -2.40. The Hall–Kier alpha value is -0.660. The average molecular weight is 279 g/mol. The lowest BCUT2D eigenvalue weighted by Gasteiger charge is -2.18. The molecule has 0 aliphatic heterocycles. The molecule has 2 atom stereocenters. The largest absolute Gasteiger partial charge is 0.469 e. The number of hydrogen-bond donors (Lipinski definition) is 1. The SMILES string of the molecule is COCCCNS(=O)(=O)C1CCCC1C(=O)OC. The molecular weight excluding hydrogens is 258 g/mol. The van der Waals surface area contributed by atoms with Crippen LogP contribution in [0, 0.1) is 5.92 Å². The number of sulfonamides is 1. The van der Waals surface area contributed by atoms with Crippen LogP contribution in [0.15, 0.2) is 0 Å². The van der Waals surface area contributed by atoms with Crippen molar-refractivity contribution < 1.29 is 22.7 Å². The van der Waals surface area contributed by atoms with E-state index in [0.29, 0.717) is 32.4 Å². The van der Waals surface area contributed by atoms with E-state index in [0.717, 1.165) is 6.42 Å². The molecule has 0 aromatic heterocycles. The molecule has 1 fully saturated rings. The highest BCUT2D eigenvalue weighted by molar-refractivity contribution is 7.90. The van der Waals surface area contributed by atoms with Crippen LogP contribution in [-0.4, -0.2) is 47.0 Å². The fourth-order valence-electron chi connectivity index (χ4n) is 2.26. The number of esters is 1. The van der Waals surface area contributed by atoms with Crippen LogP contribution in [0.5, 0.6) is 0 Å². The van der Waals surface area contributed by atoms with Crippen molar-refractivity contribution in [3.8, 4) is 0 Å².